The quantitative estimate of drug-likeness (QED) is 0.566. The summed E-state index contributed by atoms with van der Waals surface area (Å²) in [6, 6.07) is 12.9. The fourth-order valence-electron chi connectivity index (χ4n) is 3.63. The van der Waals surface area contributed by atoms with E-state index in [-0.39, 0.29) is 17.9 Å². The molecule has 1 saturated heterocycles. The Kier molecular flexibility index (Phi) is 5.79. The molecule has 1 fully saturated rings. The van der Waals surface area contributed by atoms with E-state index in [1.165, 1.54) is 0 Å². The zero-order valence-corrected chi connectivity index (χ0v) is 18.0. The van der Waals surface area contributed by atoms with Crippen LogP contribution in [0.2, 0.25) is 0 Å². The van der Waals surface area contributed by atoms with Crippen LogP contribution in [0.3, 0.4) is 0 Å². The van der Waals surface area contributed by atoms with Crippen LogP contribution in [0.5, 0.6) is 17.2 Å². The van der Waals surface area contributed by atoms with Crippen molar-refractivity contribution in [1.29, 1.82) is 0 Å². The van der Waals surface area contributed by atoms with Crippen LogP contribution in [0.25, 0.3) is 11.4 Å². The van der Waals surface area contributed by atoms with E-state index in [4.69, 9.17) is 18.7 Å². The van der Waals surface area contributed by atoms with Gasteiger partial charge >= 0.3 is 0 Å². The van der Waals surface area contributed by atoms with Crippen LogP contribution in [0.4, 0.5) is 5.69 Å². The Morgan fingerprint density at radius 3 is 2.58 bits per heavy atom. The molecule has 8 nitrogen and oxygen atoms in total. The third kappa shape index (κ3) is 4.19. The lowest BCUT2D eigenvalue weighted by molar-refractivity contribution is -0.117. The number of rotatable bonds is 7. The first-order valence-electron chi connectivity index (χ1n) is 10.1. The second-order valence-electron chi connectivity index (χ2n) is 7.57. The van der Waals surface area contributed by atoms with Gasteiger partial charge in [0.25, 0.3) is 0 Å². The third-order valence-electron chi connectivity index (χ3n) is 5.08. The van der Waals surface area contributed by atoms with Crippen molar-refractivity contribution in [3.63, 3.8) is 0 Å². The maximum atomic E-state index is 12.7. The molecule has 2 heterocycles. The molecule has 8 heteroatoms. The molecule has 0 bridgehead atoms. The number of para-hydroxylation sites is 2. The molecule has 1 aliphatic rings. The van der Waals surface area contributed by atoms with Crippen molar-refractivity contribution in [3.8, 4) is 28.6 Å². The van der Waals surface area contributed by atoms with Gasteiger partial charge < -0.3 is 23.6 Å². The van der Waals surface area contributed by atoms with Crippen LogP contribution in [0, 0.1) is 0 Å². The number of aromatic nitrogens is 2. The summed E-state index contributed by atoms with van der Waals surface area (Å²) in [6.07, 6.45) is 0.326. The number of anilines is 1. The summed E-state index contributed by atoms with van der Waals surface area (Å²) in [6.45, 7) is 4.36. The van der Waals surface area contributed by atoms with E-state index < -0.39 is 0 Å². The molecule has 0 radical (unpaired) electrons. The predicted molar refractivity (Wildman–Crippen MR) is 115 cm³/mol. The van der Waals surface area contributed by atoms with Gasteiger partial charge in [0.1, 0.15) is 5.75 Å². The zero-order chi connectivity index (χ0) is 22.0. The normalized spacial score (nSPS) is 16.1. The molecule has 1 atom stereocenters. The Labute approximate surface area is 180 Å². The number of hydrogen-bond acceptors (Lipinski definition) is 7. The minimum absolute atomic E-state index is 0.00823. The van der Waals surface area contributed by atoms with Gasteiger partial charge in [0.05, 0.1) is 31.9 Å². The van der Waals surface area contributed by atoms with Gasteiger partial charge in [-0.05, 0) is 44.2 Å². The van der Waals surface area contributed by atoms with E-state index in [1.54, 1.807) is 19.1 Å². The highest BCUT2D eigenvalue weighted by Crippen LogP contribution is 2.37. The van der Waals surface area contributed by atoms with E-state index in [0.29, 0.717) is 41.9 Å². The highest BCUT2D eigenvalue weighted by Gasteiger charge is 2.36. The first kappa shape index (κ1) is 20.7. The highest BCUT2D eigenvalue weighted by atomic mass is 16.5. The third-order valence-corrected chi connectivity index (χ3v) is 5.08. The van der Waals surface area contributed by atoms with Crippen molar-refractivity contribution in [2.24, 2.45) is 0 Å². The summed E-state index contributed by atoms with van der Waals surface area (Å²) in [5, 5.41) is 4.12. The van der Waals surface area contributed by atoms with Gasteiger partial charge in [-0.15, -0.1) is 0 Å². The van der Waals surface area contributed by atoms with Crippen LogP contribution in [-0.4, -0.2) is 42.9 Å². The van der Waals surface area contributed by atoms with Crippen molar-refractivity contribution in [2.75, 3.05) is 25.7 Å². The molecule has 3 aromatic rings. The number of nitrogens with zero attached hydrogens (tertiary/aromatic N) is 3. The molecule has 1 unspecified atom stereocenters. The summed E-state index contributed by atoms with van der Waals surface area (Å²) in [7, 11) is 3.18. The second kappa shape index (κ2) is 8.67. The van der Waals surface area contributed by atoms with Crippen molar-refractivity contribution < 1.29 is 23.5 Å². The zero-order valence-electron chi connectivity index (χ0n) is 18.0. The lowest BCUT2D eigenvalue weighted by Crippen LogP contribution is -2.24. The molecule has 0 spiro atoms. The number of benzene rings is 2. The molecule has 31 heavy (non-hydrogen) atoms. The number of hydrogen-bond donors (Lipinski definition) is 0. The molecule has 162 valence electrons. The van der Waals surface area contributed by atoms with Crippen molar-refractivity contribution in [3.05, 3.63) is 48.4 Å². The Balaban J connectivity index is 1.55. The first-order chi connectivity index (χ1) is 15.0. The minimum Gasteiger partial charge on any atom is -0.495 e. The van der Waals surface area contributed by atoms with Gasteiger partial charge in [-0.2, -0.15) is 4.98 Å². The van der Waals surface area contributed by atoms with E-state index in [2.05, 4.69) is 10.1 Å². The minimum atomic E-state index is -0.191. The second-order valence-corrected chi connectivity index (χ2v) is 7.57. The van der Waals surface area contributed by atoms with Crippen LogP contribution in [-0.2, 0) is 4.79 Å². The topological polar surface area (TPSA) is 86.9 Å². The van der Waals surface area contributed by atoms with Crippen LogP contribution < -0.4 is 19.1 Å². The van der Waals surface area contributed by atoms with Gasteiger partial charge in [0, 0.05) is 18.5 Å². The fourth-order valence-corrected chi connectivity index (χ4v) is 3.63. The number of carbonyl (C=O) groups is 1. The van der Waals surface area contributed by atoms with Gasteiger partial charge in [-0.25, -0.2) is 0 Å². The fraction of sp³-hybridized carbons (Fsp3) is 0.348. The lowest BCUT2D eigenvalue weighted by Gasteiger charge is -2.18. The molecule has 0 aliphatic carbocycles. The van der Waals surface area contributed by atoms with Crippen LogP contribution in [0.15, 0.2) is 47.0 Å². The Hall–Kier alpha value is -3.55. The summed E-state index contributed by atoms with van der Waals surface area (Å²) < 4.78 is 22.1. The largest absolute Gasteiger partial charge is 0.495 e. The smallest absolute Gasteiger partial charge is 0.232 e. The Morgan fingerprint density at radius 1 is 1.06 bits per heavy atom. The average molecular weight is 423 g/mol. The van der Waals surface area contributed by atoms with E-state index in [9.17, 15) is 4.79 Å². The van der Waals surface area contributed by atoms with Crippen molar-refractivity contribution in [2.45, 2.75) is 32.3 Å². The molecular formula is C23H25N3O5. The number of carbonyl (C=O) groups excluding carboxylic acids is 1. The molecular weight excluding hydrogens is 398 g/mol. The molecule has 1 amide bonds. The molecule has 4 rings (SSSR count). The SMILES string of the molecule is COc1cc(-c2noc(C3CC(=O)N(c4ccccc4OC)C3)n2)ccc1OC(C)C. The van der Waals surface area contributed by atoms with E-state index in [1.807, 2.05) is 56.3 Å². The van der Waals surface area contributed by atoms with Crippen molar-refractivity contribution >= 4 is 11.6 Å². The first-order valence-corrected chi connectivity index (χ1v) is 10.1. The highest BCUT2D eigenvalue weighted by molar-refractivity contribution is 5.97. The molecule has 1 aliphatic heterocycles. The number of ether oxygens (including phenoxy) is 3. The van der Waals surface area contributed by atoms with Crippen LogP contribution in [0.1, 0.15) is 32.1 Å². The lowest BCUT2D eigenvalue weighted by atomic mass is 10.1. The predicted octanol–water partition coefficient (Wildman–Crippen LogP) is 4.06. The summed E-state index contributed by atoms with van der Waals surface area (Å²) in [5.41, 5.74) is 1.48. The standard InChI is InChI=1S/C23H25N3O5/c1-14(2)30-19-10-9-15(11-20(19)29-4)22-24-23(31-25-22)16-12-21(27)26(13-16)17-7-5-6-8-18(17)28-3/h5-11,14,16H,12-13H2,1-4H3. The maximum Gasteiger partial charge on any atom is 0.232 e. The van der Waals surface area contributed by atoms with Gasteiger partial charge in [-0.1, -0.05) is 17.3 Å². The maximum absolute atomic E-state index is 12.7. The summed E-state index contributed by atoms with van der Waals surface area (Å²) in [5.74, 6) is 2.57. The van der Waals surface area contributed by atoms with E-state index >= 15 is 0 Å². The number of methoxy groups -OCH3 is 2. The Bertz CT molecular complexity index is 1080. The van der Waals surface area contributed by atoms with Gasteiger partial charge in [0.15, 0.2) is 11.5 Å². The monoisotopic (exact) mass is 423 g/mol. The molecule has 0 saturated carbocycles. The van der Waals surface area contributed by atoms with Crippen LogP contribution >= 0.6 is 0 Å². The van der Waals surface area contributed by atoms with E-state index in [0.717, 1.165) is 11.3 Å². The summed E-state index contributed by atoms with van der Waals surface area (Å²) >= 11 is 0. The summed E-state index contributed by atoms with van der Waals surface area (Å²) in [4.78, 5) is 18.9. The molecule has 2 aromatic carbocycles. The molecule has 0 N–H and O–H groups in total. The Morgan fingerprint density at radius 2 is 1.84 bits per heavy atom. The van der Waals surface area contributed by atoms with Gasteiger partial charge in [-0.3, -0.25) is 4.79 Å². The van der Waals surface area contributed by atoms with Crippen molar-refractivity contribution in [1.82, 2.24) is 10.1 Å². The molecule has 1 aromatic heterocycles. The number of amides is 1. The van der Waals surface area contributed by atoms with Gasteiger partial charge in [0.2, 0.25) is 17.6 Å². The average Bonchev–Trinajstić information content (AvgIpc) is 3.40.